The lowest BCUT2D eigenvalue weighted by Gasteiger charge is -2.40. The summed E-state index contributed by atoms with van der Waals surface area (Å²) in [5, 5.41) is 5.70. The highest BCUT2D eigenvalue weighted by Gasteiger charge is 2.32. The molecule has 0 aliphatic carbocycles. The van der Waals surface area contributed by atoms with Crippen molar-refractivity contribution in [2.75, 3.05) is 6.54 Å². The Morgan fingerprint density at radius 3 is 2.61 bits per heavy atom. The summed E-state index contributed by atoms with van der Waals surface area (Å²) in [6.45, 7) is 4.92. The molecule has 1 atom stereocenters. The number of aromatic nitrogens is 4. The predicted molar refractivity (Wildman–Crippen MR) is 118 cm³/mol. The minimum atomic E-state index is -0.0448. The molecule has 31 heavy (non-hydrogen) atoms. The molecule has 7 nitrogen and oxygen atoms in total. The highest BCUT2D eigenvalue weighted by molar-refractivity contribution is 5.90. The monoisotopic (exact) mass is 411 g/mol. The van der Waals surface area contributed by atoms with Crippen LogP contribution >= 0.6 is 0 Å². The Hall–Kier alpha value is -4.00. The van der Waals surface area contributed by atoms with Crippen LogP contribution in [0.2, 0.25) is 0 Å². The number of para-hydroxylation sites is 1. The molecule has 2 aromatic carbocycles. The van der Waals surface area contributed by atoms with Crippen LogP contribution in [0.1, 0.15) is 6.42 Å². The average molecular weight is 411 g/mol. The topological polar surface area (TPSA) is 73.1 Å². The second-order valence-corrected chi connectivity index (χ2v) is 7.41. The van der Waals surface area contributed by atoms with Crippen molar-refractivity contribution in [1.82, 2.24) is 24.6 Å². The number of hydrogen-bond acceptors (Lipinski definition) is 5. The van der Waals surface area contributed by atoms with Gasteiger partial charge in [0.05, 0.1) is 18.0 Å². The van der Waals surface area contributed by atoms with E-state index < -0.39 is 0 Å². The molecule has 0 bridgehead atoms. The first-order valence-electron chi connectivity index (χ1n) is 10.2. The highest BCUT2D eigenvalue weighted by Crippen LogP contribution is 2.30. The van der Waals surface area contributed by atoms with E-state index in [0.29, 0.717) is 6.54 Å². The Kier molecular flexibility index (Phi) is 4.92. The Morgan fingerprint density at radius 1 is 1.13 bits per heavy atom. The third-order valence-electron chi connectivity index (χ3n) is 5.50. The number of rotatable bonds is 6. The van der Waals surface area contributed by atoms with E-state index in [1.54, 1.807) is 6.20 Å². The van der Waals surface area contributed by atoms with Crippen molar-refractivity contribution in [3.05, 3.63) is 79.8 Å². The van der Waals surface area contributed by atoms with E-state index in [4.69, 9.17) is 9.84 Å². The lowest BCUT2D eigenvalue weighted by atomic mass is 10.0. The fourth-order valence-electron chi connectivity index (χ4n) is 3.80. The number of ether oxygens (including phenoxy) is 1. The molecule has 1 saturated heterocycles. The van der Waals surface area contributed by atoms with E-state index in [1.807, 2.05) is 64.2 Å². The molecule has 1 aliphatic rings. The smallest absolute Gasteiger partial charge is 0.246 e. The van der Waals surface area contributed by atoms with Gasteiger partial charge in [-0.15, -0.1) is 0 Å². The first-order chi connectivity index (χ1) is 15.2. The van der Waals surface area contributed by atoms with Crippen LogP contribution in [0.4, 0.5) is 0 Å². The summed E-state index contributed by atoms with van der Waals surface area (Å²) in [5.41, 5.74) is 2.52. The van der Waals surface area contributed by atoms with Gasteiger partial charge in [0.25, 0.3) is 0 Å². The number of carbonyl (C=O) groups is 1. The highest BCUT2D eigenvalue weighted by atomic mass is 16.5. The van der Waals surface area contributed by atoms with Crippen LogP contribution in [0.3, 0.4) is 0 Å². The predicted octanol–water partition coefficient (Wildman–Crippen LogP) is 4.07. The van der Waals surface area contributed by atoms with Crippen LogP contribution < -0.4 is 4.74 Å². The molecule has 1 fully saturated rings. The Morgan fingerprint density at radius 2 is 1.90 bits per heavy atom. The van der Waals surface area contributed by atoms with Crippen molar-refractivity contribution in [1.29, 1.82) is 0 Å². The van der Waals surface area contributed by atoms with Crippen molar-refractivity contribution in [3.8, 4) is 22.8 Å². The maximum atomic E-state index is 12.0. The summed E-state index contributed by atoms with van der Waals surface area (Å²) in [4.78, 5) is 22.4. The molecule has 1 aliphatic heterocycles. The van der Waals surface area contributed by atoms with Gasteiger partial charge in [-0.2, -0.15) is 5.10 Å². The summed E-state index contributed by atoms with van der Waals surface area (Å²) in [7, 11) is 0. The summed E-state index contributed by atoms with van der Waals surface area (Å²) in [6, 6.07) is 17.6. The molecular weight excluding hydrogens is 390 g/mol. The molecule has 0 saturated carbocycles. The molecule has 3 heterocycles. The van der Waals surface area contributed by atoms with E-state index in [1.165, 1.54) is 12.4 Å². The van der Waals surface area contributed by atoms with Gasteiger partial charge in [0.1, 0.15) is 23.5 Å². The van der Waals surface area contributed by atoms with Crippen LogP contribution in [0.25, 0.3) is 22.3 Å². The maximum absolute atomic E-state index is 12.0. The van der Waals surface area contributed by atoms with Gasteiger partial charge in [0, 0.05) is 18.3 Å². The quantitative estimate of drug-likeness (QED) is 0.447. The number of hydrogen-bond donors (Lipinski definition) is 0. The lowest BCUT2D eigenvalue weighted by Crippen LogP contribution is -2.52. The van der Waals surface area contributed by atoms with Crippen LogP contribution in [0, 0.1) is 0 Å². The molecule has 7 heteroatoms. The maximum Gasteiger partial charge on any atom is 0.246 e. The van der Waals surface area contributed by atoms with Gasteiger partial charge in [-0.05, 0) is 48.9 Å². The molecule has 0 spiro atoms. The minimum Gasteiger partial charge on any atom is -0.457 e. The van der Waals surface area contributed by atoms with Gasteiger partial charge in [0.2, 0.25) is 5.91 Å². The normalized spacial score (nSPS) is 15.5. The SMILES string of the molecule is C=CC(=O)N1CCC1Cn1nc(-c2ccc(Oc3ccccc3)cc2)c2cncnc21. The van der Waals surface area contributed by atoms with Crippen molar-refractivity contribution in [3.63, 3.8) is 0 Å². The summed E-state index contributed by atoms with van der Waals surface area (Å²) in [5.74, 6) is 1.50. The van der Waals surface area contributed by atoms with Gasteiger partial charge in [0.15, 0.2) is 5.65 Å². The van der Waals surface area contributed by atoms with Gasteiger partial charge >= 0.3 is 0 Å². The van der Waals surface area contributed by atoms with E-state index in [9.17, 15) is 4.79 Å². The van der Waals surface area contributed by atoms with Crippen molar-refractivity contribution in [2.45, 2.75) is 19.0 Å². The largest absolute Gasteiger partial charge is 0.457 e. The third-order valence-corrected chi connectivity index (χ3v) is 5.50. The minimum absolute atomic E-state index is 0.0448. The lowest BCUT2D eigenvalue weighted by molar-refractivity contribution is -0.133. The van der Waals surface area contributed by atoms with Gasteiger partial charge < -0.3 is 9.64 Å². The van der Waals surface area contributed by atoms with Gasteiger partial charge in [-0.3, -0.25) is 4.79 Å². The standard InChI is InChI=1S/C24H21N5O2/c1-2-22(30)28-13-12-18(28)15-29-24-21(14-25-16-26-24)23(27-29)17-8-10-20(11-9-17)31-19-6-4-3-5-7-19/h2-11,14,16,18H,1,12-13,15H2. The molecule has 2 aromatic heterocycles. The fourth-order valence-corrected chi connectivity index (χ4v) is 3.80. The van der Waals surface area contributed by atoms with E-state index >= 15 is 0 Å². The first-order valence-corrected chi connectivity index (χ1v) is 10.2. The second-order valence-electron chi connectivity index (χ2n) is 7.41. The number of amides is 1. The van der Waals surface area contributed by atoms with Crippen LogP contribution in [0.15, 0.2) is 79.8 Å². The summed E-state index contributed by atoms with van der Waals surface area (Å²) >= 11 is 0. The van der Waals surface area contributed by atoms with Crippen molar-refractivity contribution in [2.24, 2.45) is 0 Å². The average Bonchev–Trinajstić information content (AvgIpc) is 3.16. The van der Waals surface area contributed by atoms with Crippen molar-refractivity contribution < 1.29 is 9.53 Å². The van der Waals surface area contributed by atoms with Crippen LogP contribution in [0.5, 0.6) is 11.5 Å². The van der Waals surface area contributed by atoms with Crippen LogP contribution in [-0.2, 0) is 11.3 Å². The molecule has 4 aromatic rings. The number of benzene rings is 2. The zero-order chi connectivity index (χ0) is 21.2. The van der Waals surface area contributed by atoms with Gasteiger partial charge in [-0.1, -0.05) is 24.8 Å². The number of likely N-dealkylation sites (tertiary alicyclic amines) is 1. The van der Waals surface area contributed by atoms with E-state index in [-0.39, 0.29) is 11.9 Å². The van der Waals surface area contributed by atoms with Crippen LogP contribution in [-0.4, -0.2) is 43.1 Å². The van der Waals surface area contributed by atoms with Gasteiger partial charge in [-0.25, -0.2) is 14.6 Å². The molecule has 1 unspecified atom stereocenters. The van der Waals surface area contributed by atoms with E-state index in [2.05, 4.69) is 16.5 Å². The second kappa shape index (κ2) is 8.02. The Labute approximate surface area is 179 Å². The molecule has 5 rings (SSSR count). The molecule has 154 valence electrons. The molecule has 0 radical (unpaired) electrons. The number of fused-ring (bicyclic) bond motifs is 1. The molecule has 1 amide bonds. The molecular formula is C24H21N5O2. The van der Waals surface area contributed by atoms with Crippen molar-refractivity contribution >= 4 is 16.9 Å². The third kappa shape index (κ3) is 3.66. The fraction of sp³-hybridized carbons (Fsp3) is 0.167. The van der Waals surface area contributed by atoms with E-state index in [0.717, 1.165) is 46.8 Å². The summed E-state index contributed by atoms with van der Waals surface area (Å²) in [6.07, 6.45) is 5.60. The zero-order valence-corrected chi connectivity index (χ0v) is 16.9. The summed E-state index contributed by atoms with van der Waals surface area (Å²) < 4.78 is 7.75. The molecule has 0 N–H and O–H groups in total. The zero-order valence-electron chi connectivity index (χ0n) is 16.9. The number of nitrogens with zero attached hydrogens (tertiary/aromatic N) is 5. The first kappa shape index (κ1) is 19.0. The number of carbonyl (C=O) groups excluding carboxylic acids is 1. The Bertz CT molecular complexity index is 1230. The Balaban J connectivity index is 1.42.